The molecule has 2 rings (SSSR count). The standard InChI is InChI=1S/C11H9N3O4/c12-6-8-5-9(1-2-10(8)14(16)17)13-3-4-18-7-11(13)15/h1-2,5H,3-4,7H2. The molecule has 0 unspecified atom stereocenters. The highest BCUT2D eigenvalue weighted by Crippen LogP contribution is 2.25. The molecule has 0 N–H and O–H groups in total. The molecule has 0 radical (unpaired) electrons. The Balaban J connectivity index is 2.38. The lowest BCUT2D eigenvalue weighted by Gasteiger charge is -2.26. The number of amides is 1. The molecule has 18 heavy (non-hydrogen) atoms. The molecule has 0 saturated carbocycles. The molecule has 1 aromatic carbocycles. The third-order valence-corrected chi connectivity index (χ3v) is 2.59. The minimum Gasteiger partial charge on any atom is -0.370 e. The topological polar surface area (TPSA) is 96.5 Å². The lowest BCUT2D eigenvalue weighted by Crippen LogP contribution is -2.41. The van der Waals surface area contributed by atoms with Gasteiger partial charge < -0.3 is 9.64 Å². The first-order valence-electron chi connectivity index (χ1n) is 5.20. The maximum atomic E-state index is 11.6. The second-order valence-corrected chi connectivity index (χ2v) is 3.67. The Labute approximate surface area is 102 Å². The Bertz CT molecular complexity index is 550. The molecule has 0 atom stereocenters. The van der Waals surface area contributed by atoms with Crippen molar-refractivity contribution >= 4 is 17.3 Å². The van der Waals surface area contributed by atoms with Crippen LogP contribution >= 0.6 is 0 Å². The van der Waals surface area contributed by atoms with Crippen molar-refractivity contribution in [3.05, 3.63) is 33.9 Å². The Morgan fingerprint density at radius 2 is 2.28 bits per heavy atom. The van der Waals surface area contributed by atoms with Crippen LogP contribution in [0.5, 0.6) is 0 Å². The molecule has 1 heterocycles. The average molecular weight is 247 g/mol. The van der Waals surface area contributed by atoms with Gasteiger partial charge in [0.2, 0.25) is 0 Å². The molecule has 1 aromatic rings. The molecular formula is C11H9N3O4. The van der Waals surface area contributed by atoms with E-state index < -0.39 is 4.92 Å². The fraction of sp³-hybridized carbons (Fsp3) is 0.273. The second-order valence-electron chi connectivity index (χ2n) is 3.67. The summed E-state index contributed by atoms with van der Waals surface area (Å²) in [4.78, 5) is 23.1. The molecule has 1 fully saturated rings. The average Bonchev–Trinajstić information content (AvgIpc) is 2.38. The van der Waals surface area contributed by atoms with Gasteiger partial charge in [-0.15, -0.1) is 0 Å². The molecule has 7 nitrogen and oxygen atoms in total. The van der Waals surface area contributed by atoms with E-state index in [0.717, 1.165) is 0 Å². The lowest BCUT2D eigenvalue weighted by molar-refractivity contribution is -0.385. The van der Waals surface area contributed by atoms with E-state index in [-0.39, 0.29) is 23.8 Å². The second kappa shape index (κ2) is 4.81. The summed E-state index contributed by atoms with van der Waals surface area (Å²) in [5.74, 6) is -0.223. The van der Waals surface area contributed by atoms with Gasteiger partial charge in [0, 0.05) is 18.3 Å². The van der Waals surface area contributed by atoms with Gasteiger partial charge in [0.05, 0.1) is 11.5 Å². The predicted octanol–water partition coefficient (Wildman–Crippen LogP) is 0.830. The summed E-state index contributed by atoms with van der Waals surface area (Å²) < 4.78 is 4.99. The van der Waals surface area contributed by atoms with E-state index in [2.05, 4.69) is 0 Å². The SMILES string of the molecule is N#Cc1cc(N2CCOCC2=O)ccc1[N+](=O)[O-]. The van der Waals surface area contributed by atoms with Crippen LogP contribution in [0.25, 0.3) is 0 Å². The zero-order valence-electron chi connectivity index (χ0n) is 9.33. The van der Waals surface area contributed by atoms with Crippen molar-refractivity contribution in [2.45, 2.75) is 0 Å². The van der Waals surface area contributed by atoms with Crippen LogP contribution in [0, 0.1) is 21.4 Å². The van der Waals surface area contributed by atoms with Gasteiger partial charge in [-0.1, -0.05) is 0 Å². The zero-order valence-corrected chi connectivity index (χ0v) is 9.33. The summed E-state index contributed by atoms with van der Waals surface area (Å²) in [6, 6.07) is 5.80. The van der Waals surface area contributed by atoms with Gasteiger partial charge in [-0.25, -0.2) is 0 Å². The summed E-state index contributed by atoms with van der Waals surface area (Å²) >= 11 is 0. The number of carbonyl (C=O) groups is 1. The molecule has 0 aromatic heterocycles. The Morgan fingerprint density at radius 1 is 1.50 bits per heavy atom. The number of hydrogen-bond acceptors (Lipinski definition) is 5. The Morgan fingerprint density at radius 3 is 2.89 bits per heavy atom. The highest BCUT2D eigenvalue weighted by atomic mass is 16.6. The van der Waals surface area contributed by atoms with Gasteiger partial charge in [0.15, 0.2) is 0 Å². The largest absolute Gasteiger partial charge is 0.370 e. The quantitative estimate of drug-likeness (QED) is 0.569. The number of nitrogens with zero attached hydrogens (tertiary/aromatic N) is 3. The van der Waals surface area contributed by atoms with Crippen molar-refractivity contribution in [3.63, 3.8) is 0 Å². The number of ether oxygens (including phenoxy) is 1. The number of rotatable bonds is 2. The monoisotopic (exact) mass is 247 g/mol. The molecule has 92 valence electrons. The molecule has 1 amide bonds. The number of morpholine rings is 1. The number of nitriles is 1. The first-order chi connectivity index (χ1) is 8.63. The van der Waals surface area contributed by atoms with Gasteiger partial charge in [0.1, 0.15) is 18.2 Å². The van der Waals surface area contributed by atoms with E-state index in [1.54, 1.807) is 6.07 Å². The number of anilines is 1. The first-order valence-corrected chi connectivity index (χ1v) is 5.20. The van der Waals surface area contributed by atoms with Crippen LogP contribution in [-0.4, -0.2) is 30.6 Å². The highest BCUT2D eigenvalue weighted by Gasteiger charge is 2.22. The van der Waals surface area contributed by atoms with Crippen LogP contribution in [0.3, 0.4) is 0 Å². The molecule has 0 spiro atoms. The molecule has 1 aliphatic rings. The van der Waals surface area contributed by atoms with Crippen molar-refractivity contribution in [2.24, 2.45) is 0 Å². The Kier molecular flexibility index (Phi) is 3.21. The summed E-state index contributed by atoms with van der Waals surface area (Å²) in [5, 5.41) is 19.6. The summed E-state index contributed by atoms with van der Waals surface area (Å²) in [5.41, 5.74) is 0.157. The van der Waals surface area contributed by atoms with Crippen molar-refractivity contribution in [3.8, 4) is 6.07 Å². The number of nitro groups is 1. The molecule has 1 aliphatic heterocycles. The molecular weight excluding hydrogens is 238 g/mol. The van der Waals surface area contributed by atoms with Crippen LogP contribution < -0.4 is 4.90 Å². The molecule has 1 saturated heterocycles. The zero-order chi connectivity index (χ0) is 13.1. The smallest absolute Gasteiger partial charge is 0.287 e. The van der Waals surface area contributed by atoms with E-state index in [9.17, 15) is 14.9 Å². The van der Waals surface area contributed by atoms with Crippen molar-refractivity contribution < 1.29 is 14.5 Å². The van der Waals surface area contributed by atoms with Crippen LogP contribution in [-0.2, 0) is 9.53 Å². The maximum absolute atomic E-state index is 11.6. The maximum Gasteiger partial charge on any atom is 0.287 e. The molecule has 0 bridgehead atoms. The third-order valence-electron chi connectivity index (χ3n) is 2.59. The molecule has 0 aliphatic carbocycles. The number of nitro benzene ring substituents is 1. The van der Waals surface area contributed by atoms with Gasteiger partial charge in [-0.05, 0) is 12.1 Å². The van der Waals surface area contributed by atoms with E-state index >= 15 is 0 Å². The van der Waals surface area contributed by atoms with Gasteiger partial charge >= 0.3 is 0 Å². The third kappa shape index (κ3) is 2.14. The van der Waals surface area contributed by atoms with Crippen LogP contribution in [0.1, 0.15) is 5.56 Å². The van der Waals surface area contributed by atoms with Crippen molar-refractivity contribution in [1.29, 1.82) is 5.26 Å². The summed E-state index contributed by atoms with van der Waals surface area (Å²) in [6.45, 7) is 0.769. The summed E-state index contributed by atoms with van der Waals surface area (Å²) in [6.07, 6.45) is 0. The predicted molar refractivity (Wildman–Crippen MR) is 61.0 cm³/mol. The fourth-order valence-electron chi connectivity index (χ4n) is 1.73. The van der Waals surface area contributed by atoms with E-state index in [4.69, 9.17) is 10.00 Å². The van der Waals surface area contributed by atoms with Gasteiger partial charge in [-0.2, -0.15) is 5.26 Å². The van der Waals surface area contributed by atoms with Crippen LogP contribution in [0.2, 0.25) is 0 Å². The Hall–Kier alpha value is -2.46. The highest BCUT2D eigenvalue weighted by molar-refractivity contribution is 5.95. The minimum absolute atomic E-state index is 0.0150. The summed E-state index contributed by atoms with van der Waals surface area (Å²) in [7, 11) is 0. The number of hydrogen-bond donors (Lipinski definition) is 0. The minimum atomic E-state index is -0.622. The normalized spacial score (nSPS) is 15.3. The van der Waals surface area contributed by atoms with Crippen LogP contribution in [0.15, 0.2) is 18.2 Å². The number of carbonyl (C=O) groups excluding carboxylic acids is 1. The van der Waals surface area contributed by atoms with Crippen LogP contribution in [0.4, 0.5) is 11.4 Å². The molecule has 7 heteroatoms. The van der Waals surface area contributed by atoms with Gasteiger partial charge in [-0.3, -0.25) is 14.9 Å². The van der Waals surface area contributed by atoms with E-state index in [1.807, 2.05) is 0 Å². The first kappa shape index (κ1) is 12.0. The van der Waals surface area contributed by atoms with E-state index in [0.29, 0.717) is 18.8 Å². The lowest BCUT2D eigenvalue weighted by atomic mass is 10.1. The van der Waals surface area contributed by atoms with Gasteiger partial charge in [0.25, 0.3) is 11.6 Å². The van der Waals surface area contributed by atoms with E-state index in [1.165, 1.54) is 23.1 Å². The number of benzene rings is 1. The van der Waals surface area contributed by atoms with Crippen molar-refractivity contribution in [1.82, 2.24) is 0 Å². The van der Waals surface area contributed by atoms with Crippen molar-refractivity contribution in [2.75, 3.05) is 24.7 Å². The fourth-order valence-corrected chi connectivity index (χ4v) is 1.73.